The van der Waals surface area contributed by atoms with Gasteiger partial charge in [-0.25, -0.2) is 0 Å². The van der Waals surface area contributed by atoms with Crippen LogP contribution < -0.4 is 5.32 Å². The lowest BCUT2D eigenvalue weighted by molar-refractivity contribution is 0.254. The predicted molar refractivity (Wildman–Crippen MR) is 88.3 cm³/mol. The minimum atomic E-state index is 0.118. The Kier molecular flexibility index (Phi) is 4.69. The monoisotopic (exact) mass is 283 g/mol. The molecule has 0 spiro atoms. The highest BCUT2D eigenvalue weighted by Crippen LogP contribution is 2.34. The second-order valence-corrected chi connectivity index (χ2v) is 6.69. The van der Waals surface area contributed by atoms with E-state index in [-0.39, 0.29) is 17.5 Å². The van der Waals surface area contributed by atoms with Gasteiger partial charge in [-0.2, -0.15) is 0 Å². The highest BCUT2D eigenvalue weighted by molar-refractivity contribution is 5.28. The molecule has 0 aliphatic carbocycles. The zero-order chi connectivity index (χ0) is 15.5. The van der Waals surface area contributed by atoms with E-state index in [0.717, 1.165) is 0 Å². The molecule has 0 aliphatic heterocycles. The summed E-state index contributed by atoms with van der Waals surface area (Å²) in [6.45, 7) is 8.91. The minimum Gasteiger partial charge on any atom is -0.508 e. The van der Waals surface area contributed by atoms with Crippen LogP contribution in [0.3, 0.4) is 0 Å². The Bertz CT molecular complexity index is 554. The third-order valence-corrected chi connectivity index (χ3v) is 3.81. The standard InChI is InChI=1S/C19H25NO/c1-14(15-10-12-17(21)13-11-15)20-18(19(2,3)4)16-8-6-5-7-9-16/h5-14,18,20-21H,1-4H3. The number of hydrogen-bond acceptors (Lipinski definition) is 2. The van der Waals surface area contributed by atoms with Crippen LogP contribution in [0.1, 0.15) is 50.9 Å². The average Bonchev–Trinajstić information content (AvgIpc) is 2.45. The van der Waals surface area contributed by atoms with Crippen LogP contribution in [0.5, 0.6) is 5.75 Å². The fraction of sp³-hybridized carbons (Fsp3) is 0.368. The third kappa shape index (κ3) is 4.08. The molecule has 2 aromatic carbocycles. The molecule has 112 valence electrons. The molecule has 0 radical (unpaired) electrons. The predicted octanol–water partition coefficient (Wildman–Crippen LogP) is 4.83. The summed E-state index contributed by atoms with van der Waals surface area (Å²) in [6.07, 6.45) is 0. The van der Waals surface area contributed by atoms with Crippen molar-refractivity contribution in [2.45, 2.75) is 39.8 Å². The maximum absolute atomic E-state index is 9.41. The Morgan fingerprint density at radius 3 is 1.95 bits per heavy atom. The van der Waals surface area contributed by atoms with Gasteiger partial charge in [-0.15, -0.1) is 0 Å². The van der Waals surface area contributed by atoms with Crippen LogP contribution in [0.25, 0.3) is 0 Å². The Hall–Kier alpha value is -1.80. The molecule has 0 heterocycles. The van der Waals surface area contributed by atoms with Gasteiger partial charge in [-0.1, -0.05) is 63.2 Å². The van der Waals surface area contributed by atoms with E-state index in [2.05, 4.69) is 57.3 Å². The lowest BCUT2D eigenvalue weighted by Gasteiger charge is -2.34. The molecule has 0 amide bonds. The van der Waals surface area contributed by atoms with E-state index >= 15 is 0 Å². The minimum absolute atomic E-state index is 0.118. The van der Waals surface area contributed by atoms with Gasteiger partial charge in [0.25, 0.3) is 0 Å². The Labute approximate surface area is 127 Å². The van der Waals surface area contributed by atoms with Gasteiger partial charge in [0.2, 0.25) is 0 Å². The van der Waals surface area contributed by atoms with Crippen LogP contribution in [0, 0.1) is 5.41 Å². The van der Waals surface area contributed by atoms with Crippen molar-refractivity contribution in [3.63, 3.8) is 0 Å². The number of rotatable bonds is 4. The summed E-state index contributed by atoms with van der Waals surface area (Å²) < 4.78 is 0. The van der Waals surface area contributed by atoms with E-state index in [9.17, 15) is 5.11 Å². The van der Waals surface area contributed by atoms with Gasteiger partial charge in [0, 0.05) is 12.1 Å². The molecule has 2 aromatic rings. The highest BCUT2D eigenvalue weighted by atomic mass is 16.3. The molecule has 0 aromatic heterocycles. The number of hydrogen-bond donors (Lipinski definition) is 2. The Balaban J connectivity index is 2.21. The van der Waals surface area contributed by atoms with E-state index in [0.29, 0.717) is 5.75 Å². The molecule has 2 rings (SSSR count). The molecule has 2 nitrogen and oxygen atoms in total. The van der Waals surface area contributed by atoms with Gasteiger partial charge in [0.05, 0.1) is 0 Å². The summed E-state index contributed by atoms with van der Waals surface area (Å²) >= 11 is 0. The molecule has 0 aliphatic rings. The lowest BCUT2D eigenvalue weighted by Crippen LogP contribution is -2.34. The van der Waals surface area contributed by atoms with Crippen molar-refractivity contribution < 1.29 is 5.11 Å². The summed E-state index contributed by atoms with van der Waals surface area (Å²) in [5, 5.41) is 13.1. The van der Waals surface area contributed by atoms with Crippen molar-refractivity contribution in [2.75, 3.05) is 0 Å². The molecule has 2 unspecified atom stereocenters. The second-order valence-electron chi connectivity index (χ2n) is 6.69. The number of phenols is 1. The van der Waals surface area contributed by atoms with Crippen LogP contribution in [-0.4, -0.2) is 5.11 Å². The number of benzene rings is 2. The molecule has 21 heavy (non-hydrogen) atoms. The van der Waals surface area contributed by atoms with Gasteiger partial charge in [0.15, 0.2) is 0 Å². The Morgan fingerprint density at radius 2 is 1.43 bits per heavy atom. The van der Waals surface area contributed by atoms with Gasteiger partial charge in [-0.05, 0) is 35.6 Å². The van der Waals surface area contributed by atoms with Crippen LogP contribution in [0.4, 0.5) is 0 Å². The largest absolute Gasteiger partial charge is 0.508 e. The molecule has 2 heteroatoms. The third-order valence-electron chi connectivity index (χ3n) is 3.81. The van der Waals surface area contributed by atoms with E-state index in [1.807, 2.05) is 18.2 Å². The number of phenolic OH excluding ortho intramolecular Hbond substituents is 1. The van der Waals surface area contributed by atoms with E-state index in [1.165, 1.54) is 11.1 Å². The quantitative estimate of drug-likeness (QED) is 0.842. The molecular formula is C19H25NO. The van der Waals surface area contributed by atoms with Crippen LogP contribution in [0.15, 0.2) is 54.6 Å². The first-order valence-corrected chi connectivity index (χ1v) is 7.48. The van der Waals surface area contributed by atoms with Gasteiger partial charge >= 0.3 is 0 Å². The molecular weight excluding hydrogens is 258 g/mol. The second kappa shape index (κ2) is 6.31. The molecule has 2 N–H and O–H groups in total. The fourth-order valence-corrected chi connectivity index (χ4v) is 2.60. The van der Waals surface area contributed by atoms with Gasteiger partial charge < -0.3 is 10.4 Å². The topological polar surface area (TPSA) is 32.3 Å². The van der Waals surface area contributed by atoms with E-state index in [1.54, 1.807) is 12.1 Å². The van der Waals surface area contributed by atoms with E-state index in [4.69, 9.17) is 0 Å². The number of aromatic hydroxyl groups is 1. The van der Waals surface area contributed by atoms with Crippen molar-refractivity contribution in [1.82, 2.24) is 5.32 Å². The van der Waals surface area contributed by atoms with Crippen molar-refractivity contribution in [3.05, 3.63) is 65.7 Å². The maximum atomic E-state index is 9.41. The zero-order valence-corrected chi connectivity index (χ0v) is 13.3. The average molecular weight is 283 g/mol. The lowest BCUT2D eigenvalue weighted by atomic mass is 9.81. The van der Waals surface area contributed by atoms with Crippen molar-refractivity contribution in [3.8, 4) is 5.75 Å². The van der Waals surface area contributed by atoms with E-state index < -0.39 is 0 Å². The maximum Gasteiger partial charge on any atom is 0.115 e. The summed E-state index contributed by atoms with van der Waals surface area (Å²) in [5.74, 6) is 0.307. The first-order chi connectivity index (χ1) is 9.88. The van der Waals surface area contributed by atoms with Gasteiger partial charge in [0.1, 0.15) is 5.75 Å². The first kappa shape index (κ1) is 15.6. The first-order valence-electron chi connectivity index (χ1n) is 7.48. The molecule has 0 saturated heterocycles. The van der Waals surface area contributed by atoms with Gasteiger partial charge in [-0.3, -0.25) is 0 Å². The summed E-state index contributed by atoms with van der Waals surface area (Å²) in [7, 11) is 0. The fourth-order valence-electron chi connectivity index (χ4n) is 2.60. The number of nitrogens with one attached hydrogen (secondary N) is 1. The smallest absolute Gasteiger partial charge is 0.115 e. The van der Waals surface area contributed by atoms with Crippen LogP contribution in [-0.2, 0) is 0 Å². The Morgan fingerprint density at radius 1 is 0.857 bits per heavy atom. The zero-order valence-electron chi connectivity index (χ0n) is 13.3. The molecule has 0 fully saturated rings. The SMILES string of the molecule is CC(NC(c1ccccc1)C(C)(C)C)c1ccc(O)cc1. The van der Waals surface area contributed by atoms with Crippen LogP contribution in [0.2, 0.25) is 0 Å². The molecule has 0 saturated carbocycles. The summed E-state index contributed by atoms with van der Waals surface area (Å²) in [5.41, 5.74) is 2.60. The molecule has 2 atom stereocenters. The highest BCUT2D eigenvalue weighted by Gasteiger charge is 2.27. The van der Waals surface area contributed by atoms with Crippen molar-refractivity contribution in [2.24, 2.45) is 5.41 Å². The van der Waals surface area contributed by atoms with Crippen LogP contribution >= 0.6 is 0 Å². The summed E-state index contributed by atoms with van der Waals surface area (Å²) in [6, 6.07) is 18.5. The summed E-state index contributed by atoms with van der Waals surface area (Å²) in [4.78, 5) is 0. The molecule has 0 bridgehead atoms. The van der Waals surface area contributed by atoms with Crippen molar-refractivity contribution in [1.29, 1.82) is 0 Å². The normalized spacial score (nSPS) is 14.7. The van der Waals surface area contributed by atoms with Crippen molar-refractivity contribution >= 4 is 0 Å².